The van der Waals surface area contributed by atoms with Gasteiger partial charge in [0.1, 0.15) is 5.75 Å². The summed E-state index contributed by atoms with van der Waals surface area (Å²) < 4.78 is 93.3. The van der Waals surface area contributed by atoms with Crippen molar-refractivity contribution in [1.82, 2.24) is 10.9 Å². The van der Waals surface area contributed by atoms with Crippen LogP contribution in [0.25, 0.3) is 0 Å². The lowest BCUT2D eigenvalue weighted by molar-refractivity contribution is -0.342. The average Bonchev–Trinajstić information content (AvgIpc) is 2.59. The highest BCUT2D eigenvalue weighted by atomic mass is 35.5. The fourth-order valence-electron chi connectivity index (χ4n) is 1.72. The minimum Gasteiger partial charge on any atom is -0.484 e. The number of allylic oxidation sites excluding steroid dienone is 2. The smallest absolute Gasteiger partial charge is 0.460 e. The number of carbonyl (C=O) groups is 2. The first-order valence-electron chi connectivity index (χ1n) is 7.58. The summed E-state index contributed by atoms with van der Waals surface area (Å²) in [5.41, 5.74) is 3.84. The van der Waals surface area contributed by atoms with E-state index in [9.17, 15) is 40.3 Å². The summed E-state index contributed by atoms with van der Waals surface area (Å²) in [5, 5.41) is 0.460. The van der Waals surface area contributed by atoms with Crippen LogP contribution in [0, 0.1) is 6.92 Å². The molecule has 1 rings (SSSR count). The number of amides is 1. The van der Waals surface area contributed by atoms with Crippen molar-refractivity contribution in [3.8, 4) is 5.75 Å². The quantitative estimate of drug-likeness (QED) is 0.357. The lowest BCUT2D eigenvalue weighted by atomic mass is 10.1. The molecule has 0 aliphatic rings. The van der Waals surface area contributed by atoms with E-state index in [1.807, 2.05) is 10.9 Å². The number of halogens is 8. The van der Waals surface area contributed by atoms with Crippen molar-refractivity contribution in [2.45, 2.75) is 31.9 Å². The topological polar surface area (TPSA) is 67.4 Å². The minimum atomic E-state index is -6.63. The number of aryl methyl sites for hydroxylation is 1. The van der Waals surface area contributed by atoms with E-state index < -0.39 is 42.0 Å². The maximum Gasteiger partial charge on any atom is 0.460 e. The van der Waals surface area contributed by atoms with E-state index in [0.29, 0.717) is 10.6 Å². The molecule has 1 aromatic rings. The maximum absolute atomic E-state index is 13.2. The number of alkyl halides is 7. The molecule has 13 heteroatoms. The van der Waals surface area contributed by atoms with Gasteiger partial charge in [0.05, 0.1) is 0 Å². The minimum absolute atomic E-state index is 0.191. The van der Waals surface area contributed by atoms with Gasteiger partial charge in [0, 0.05) is 16.8 Å². The number of nitrogens with one attached hydrogen (secondary N) is 2. The Kier molecular flexibility index (Phi) is 7.52. The van der Waals surface area contributed by atoms with Crippen molar-refractivity contribution in [3.63, 3.8) is 0 Å². The number of ketones is 1. The zero-order valence-electron chi connectivity index (χ0n) is 14.8. The Morgan fingerprint density at radius 3 is 2.21 bits per heavy atom. The molecule has 0 fully saturated rings. The van der Waals surface area contributed by atoms with Crippen LogP contribution in [0.5, 0.6) is 5.75 Å². The molecule has 5 nitrogen and oxygen atoms in total. The van der Waals surface area contributed by atoms with Gasteiger partial charge in [0.25, 0.3) is 5.91 Å². The van der Waals surface area contributed by atoms with Crippen LogP contribution in [0.1, 0.15) is 12.5 Å². The first-order chi connectivity index (χ1) is 13.1. The molecule has 1 amide bonds. The molecule has 2 N–H and O–H groups in total. The molecule has 0 bridgehead atoms. The van der Waals surface area contributed by atoms with Crippen LogP contribution >= 0.6 is 11.6 Å². The molecule has 0 unspecified atom stereocenters. The first kappa shape index (κ1) is 24.5. The van der Waals surface area contributed by atoms with Gasteiger partial charge in [0.15, 0.2) is 6.61 Å². The van der Waals surface area contributed by atoms with Crippen molar-refractivity contribution in [2.24, 2.45) is 0 Å². The largest absolute Gasteiger partial charge is 0.484 e. The van der Waals surface area contributed by atoms with Gasteiger partial charge in [-0.1, -0.05) is 11.6 Å². The molecular formula is C16H14ClF7N2O3. The lowest BCUT2D eigenvalue weighted by Gasteiger charge is -2.26. The molecule has 0 atom stereocenters. The van der Waals surface area contributed by atoms with Gasteiger partial charge in [-0.3, -0.25) is 15.0 Å². The Balaban J connectivity index is 2.65. The summed E-state index contributed by atoms with van der Waals surface area (Å²) >= 11 is 5.81. The van der Waals surface area contributed by atoms with Gasteiger partial charge in [0.2, 0.25) is 5.78 Å². The third-order valence-corrected chi connectivity index (χ3v) is 3.73. The summed E-state index contributed by atoms with van der Waals surface area (Å²) in [7, 11) is 0. The number of hydrazine groups is 1. The number of benzene rings is 1. The van der Waals surface area contributed by atoms with E-state index in [2.05, 4.69) is 0 Å². The SMILES string of the molecule is C/C(=C\C(=O)C(F)(F)C(F)(F)C(F)(F)F)NNC(=O)COc1ccc(Cl)c(C)c1. The molecule has 1 aromatic carbocycles. The Morgan fingerprint density at radius 1 is 1.10 bits per heavy atom. The molecule has 0 aliphatic heterocycles. The van der Waals surface area contributed by atoms with Crippen LogP contribution in [-0.4, -0.2) is 36.3 Å². The Hall–Kier alpha value is -2.50. The fraction of sp³-hybridized carbons (Fsp3) is 0.375. The highest BCUT2D eigenvalue weighted by molar-refractivity contribution is 6.31. The van der Waals surface area contributed by atoms with Crippen LogP contribution in [0.3, 0.4) is 0 Å². The normalized spacial score (nSPS) is 13.1. The number of ether oxygens (including phenoxy) is 1. The molecule has 0 aliphatic carbocycles. The summed E-state index contributed by atoms with van der Waals surface area (Å²) in [5.74, 6) is -16.0. The van der Waals surface area contributed by atoms with Gasteiger partial charge in [-0.2, -0.15) is 30.7 Å². The second-order valence-electron chi connectivity index (χ2n) is 5.71. The van der Waals surface area contributed by atoms with Crippen molar-refractivity contribution in [1.29, 1.82) is 0 Å². The fourth-order valence-corrected chi connectivity index (χ4v) is 1.83. The molecule has 0 saturated heterocycles. The molecule has 0 radical (unpaired) electrons. The van der Waals surface area contributed by atoms with Crippen LogP contribution in [-0.2, 0) is 9.59 Å². The number of carbonyl (C=O) groups excluding carboxylic acids is 2. The van der Waals surface area contributed by atoms with E-state index in [1.165, 1.54) is 18.2 Å². The molecule has 0 spiro atoms. The van der Waals surface area contributed by atoms with Crippen LogP contribution in [0.4, 0.5) is 30.7 Å². The summed E-state index contributed by atoms with van der Waals surface area (Å²) in [6.45, 7) is 1.99. The summed E-state index contributed by atoms with van der Waals surface area (Å²) in [4.78, 5) is 22.8. The lowest BCUT2D eigenvalue weighted by Crippen LogP contribution is -2.55. The first-order valence-corrected chi connectivity index (χ1v) is 7.96. The third-order valence-electron chi connectivity index (χ3n) is 3.31. The van der Waals surface area contributed by atoms with Gasteiger partial charge in [-0.05, 0) is 37.6 Å². The Labute approximate surface area is 164 Å². The van der Waals surface area contributed by atoms with Crippen LogP contribution in [0.2, 0.25) is 5.02 Å². The van der Waals surface area contributed by atoms with Crippen molar-refractivity contribution < 1.29 is 45.1 Å². The van der Waals surface area contributed by atoms with Gasteiger partial charge in [-0.15, -0.1) is 0 Å². The van der Waals surface area contributed by atoms with E-state index in [1.54, 1.807) is 6.92 Å². The van der Waals surface area contributed by atoms with Gasteiger partial charge < -0.3 is 10.2 Å². The van der Waals surface area contributed by atoms with E-state index in [-0.39, 0.29) is 11.8 Å². The monoisotopic (exact) mass is 450 g/mol. The molecule has 0 saturated carbocycles. The Bertz CT molecular complexity index is 810. The number of hydrogen-bond acceptors (Lipinski definition) is 4. The summed E-state index contributed by atoms with van der Waals surface area (Å²) in [6.07, 6.45) is -6.82. The second kappa shape index (κ2) is 8.89. The standard InChI is InChI=1S/C16H14ClF7N2O3/c1-8-5-10(3-4-11(8)17)29-7-13(28)26-25-9(2)6-12(27)14(18,19)15(20,21)16(22,23)24/h3-6,25H,7H2,1-2H3,(H,26,28)/b9-6+. The van der Waals surface area contributed by atoms with Gasteiger partial charge in [-0.25, -0.2) is 0 Å². The number of hydrogen-bond donors (Lipinski definition) is 2. The maximum atomic E-state index is 13.2. The molecule has 0 heterocycles. The zero-order valence-corrected chi connectivity index (χ0v) is 15.5. The predicted molar refractivity (Wildman–Crippen MR) is 87.7 cm³/mol. The van der Waals surface area contributed by atoms with Crippen molar-refractivity contribution >= 4 is 23.3 Å². The summed E-state index contributed by atoms with van der Waals surface area (Å²) in [6, 6.07) is 4.50. The predicted octanol–water partition coefficient (Wildman–Crippen LogP) is 3.95. The van der Waals surface area contributed by atoms with E-state index in [0.717, 1.165) is 6.92 Å². The van der Waals surface area contributed by atoms with Crippen molar-refractivity contribution in [2.75, 3.05) is 6.61 Å². The zero-order chi connectivity index (χ0) is 22.6. The van der Waals surface area contributed by atoms with E-state index >= 15 is 0 Å². The van der Waals surface area contributed by atoms with E-state index in [4.69, 9.17) is 16.3 Å². The highest BCUT2D eigenvalue weighted by Gasteiger charge is 2.75. The molecular weight excluding hydrogens is 437 g/mol. The molecule has 29 heavy (non-hydrogen) atoms. The van der Waals surface area contributed by atoms with Crippen LogP contribution in [0.15, 0.2) is 30.0 Å². The third kappa shape index (κ3) is 5.99. The van der Waals surface area contributed by atoms with Crippen molar-refractivity contribution in [3.05, 3.63) is 40.6 Å². The van der Waals surface area contributed by atoms with Gasteiger partial charge >= 0.3 is 18.0 Å². The highest BCUT2D eigenvalue weighted by Crippen LogP contribution is 2.47. The average molecular weight is 451 g/mol. The molecule has 162 valence electrons. The Morgan fingerprint density at radius 2 is 1.69 bits per heavy atom. The van der Waals surface area contributed by atoms with Crippen LogP contribution < -0.4 is 15.6 Å². The second-order valence-corrected chi connectivity index (χ2v) is 6.12. The molecule has 0 aromatic heterocycles. The number of rotatable bonds is 8.